The number of piperazine rings is 1. The van der Waals surface area contributed by atoms with Crippen molar-refractivity contribution in [2.75, 3.05) is 59.7 Å². The van der Waals surface area contributed by atoms with Gasteiger partial charge in [0.15, 0.2) is 5.96 Å². The highest BCUT2D eigenvalue weighted by atomic mass is 16.5. The number of aliphatic imine (C=N–C) groups is 1. The molecule has 2 aliphatic heterocycles. The monoisotopic (exact) mass is 392 g/mol. The van der Waals surface area contributed by atoms with Gasteiger partial charge in [-0.1, -0.05) is 0 Å². The van der Waals surface area contributed by atoms with Crippen LogP contribution in [0.4, 0.5) is 0 Å². The SMILES string of the molecule is COCCN1C(C)CN(C(=NCC2CCOC2)NCCc2ccco2)CC1C. The first-order valence-corrected chi connectivity index (χ1v) is 10.6. The van der Waals surface area contributed by atoms with E-state index in [1.807, 2.05) is 12.1 Å². The molecule has 158 valence electrons. The van der Waals surface area contributed by atoms with E-state index in [1.165, 1.54) is 0 Å². The van der Waals surface area contributed by atoms with Crippen LogP contribution in [0.15, 0.2) is 27.8 Å². The summed E-state index contributed by atoms with van der Waals surface area (Å²) in [5.74, 6) is 2.56. The Morgan fingerprint density at radius 2 is 2.14 bits per heavy atom. The first-order chi connectivity index (χ1) is 13.7. The molecule has 2 fully saturated rings. The first kappa shape index (κ1) is 21.1. The minimum atomic E-state index is 0.464. The standard InChI is InChI=1S/C21H36N4O3/c1-17-14-24(15-18(2)25(17)9-12-26-3)21(23-13-19-7-11-27-16-19)22-8-6-20-5-4-10-28-20/h4-5,10,17-19H,6-9,11-16H2,1-3H3,(H,22,23). The molecule has 1 N–H and O–H groups in total. The highest BCUT2D eigenvalue weighted by molar-refractivity contribution is 5.80. The molecule has 7 heteroatoms. The van der Waals surface area contributed by atoms with Gasteiger partial charge in [0.05, 0.1) is 19.5 Å². The van der Waals surface area contributed by atoms with Crippen molar-refractivity contribution in [2.45, 2.75) is 38.8 Å². The molecule has 3 heterocycles. The number of guanidine groups is 1. The third kappa shape index (κ3) is 5.96. The predicted octanol–water partition coefficient (Wildman–Crippen LogP) is 1.85. The highest BCUT2D eigenvalue weighted by Gasteiger charge is 2.30. The third-order valence-electron chi connectivity index (χ3n) is 5.71. The van der Waals surface area contributed by atoms with Crippen LogP contribution in [0, 0.1) is 5.92 Å². The van der Waals surface area contributed by atoms with E-state index in [9.17, 15) is 0 Å². The molecule has 0 aliphatic carbocycles. The Morgan fingerprint density at radius 1 is 1.32 bits per heavy atom. The number of methoxy groups -OCH3 is 1. The summed E-state index contributed by atoms with van der Waals surface area (Å²) in [5, 5.41) is 3.58. The molecular formula is C21H36N4O3. The fourth-order valence-electron chi connectivity index (χ4n) is 4.13. The molecule has 1 aromatic rings. The molecule has 1 aromatic heterocycles. The summed E-state index contributed by atoms with van der Waals surface area (Å²) in [7, 11) is 1.77. The Labute approximate surface area is 169 Å². The van der Waals surface area contributed by atoms with E-state index < -0.39 is 0 Å². The number of rotatable bonds is 8. The Hall–Kier alpha value is -1.57. The summed E-state index contributed by atoms with van der Waals surface area (Å²) in [4.78, 5) is 9.93. The molecule has 2 saturated heterocycles. The minimum absolute atomic E-state index is 0.464. The quantitative estimate of drug-likeness (QED) is 0.538. The predicted molar refractivity (Wildman–Crippen MR) is 111 cm³/mol. The van der Waals surface area contributed by atoms with Crippen molar-refractivity contribution >= 4 is 5.96 Å². The van der Waals surface area contributed by atoms with Crippen molar-refractivity contribution in [2.24, 2.45) is 10.9 Å². The average Bonchev–Trinajstić information content (AvgIpc) is 3.37. The largest absolute Gasteiger partial charge is 0.469 e. The highest BCUT2D eigenvalue weighted by Crippen LogP contribution is 2.17. The zero-order valence-electron chi connectivity index (χ0n) is 17.6. The molecule has 0 amide bonds. The van der Waals surface area contributed by atoms with Crippen LogP contribution in [0.1, 0.15) is 26.0 Å². The number of ether oxygens (including phenoxy) is 2. The van der Waals surface area contributed by atoms with Gasteiger partial charge in [-0.2, -0.15) is 0 Å². The molecular weight excluding hydrogens is 356 g/mol. The van der Waals surface area contributed by atoms with E-state index in [4.69, 9.17) is 18.9 Å². The lowest BCUT2D eigenvalue weighted by Gasteiger charge is -2.45. The molecule has 3 rings (SSSR count). The molecule has 3 unspecified atom stereocenters. The van der Waals surface area contributed by atoms with Gasteiger partial charge in [0.1, 0.15) is 5.76 Å². The van der Waals surface area contributed by atoms with Gasteiger partial charge in [-0.3, -0.25) is 9.89 Å². The maximum atomic E-state index is 5.52. The van der Waals surface area contributed by atoms with Gasteiger partial charge in [-0.05, 0) is 32.4 Å². The lowest BCUT2D eigenvalue weighted by molar-refractivity contribution is 0.0443. The Bertz CT molecular complexity index is 574. The van der Waals surface area contributed by atoms with Gasteiger partial charge in [0, 0.05) is 70.9 Å². The van der Waals surface area contributed by atoms with Gasteiger partial charge < -0.3 is 24.1 Å². The van der Waals surface area contributed by atoms with E-state index in [0.717, 1.165) is 77.1 Å². The first-order valence-electron chi connectivity index (χ1n) is 10.6. The topological polar surface area (TPSA) is 62.5 Å². The van der Waals surface area contributed by atoms with Crippen LogP contribution in [0.2, 0.25) is 0 Å². The molecule has 0 aromatic carbocycles. The molecule has 0 bridgehead atoms. The molecule has 7 nitrogen and oxygen atoms in total. The summed E-state index contributed by atoms with van der Waals surface area (Å²) >= 11 is 0. The van der Waals surface area contributed by atoms with Crippen molar-refractivity contribution in [3.05, 3.63) is 24.2 Å². The number of furan rings is 1. The molecule has 0 radical (unpaired) electrons. The Morgan fingerprint density at radius 3 is 2.79 bits per heavy atom. The zero-order chi connectivity index (χ0) is 19.8. The minimum Gasteiger partial charge on any atom is -0.469 e. The van der Waals surface area contributed by atoms with Gasteiger partial charge in [0.25, 0.3) is 0 Å². The van der Waals surface area contributed by atoms with E-state index in [-0.39, 0.29) is 0 Å². The Kier molecular flexibility index (Phi) is 8.18. The fraction of sp³-hybridized carbons (Fsp3) is 0.762. The second-order valence-electron chi connectivity index (χ2n) is 7.98. The lowest BCUT2D eigenvalue weighted by atomic mass is 10.1. The lowest BCUT2D eigenvalue weighted by Crippen LogP contribution is -2.60. The summed E-state index contributed by atoms with van der Waals surface area (Å²) in [5.41, 5.74) is 0. The van der Waals surface area contributed by atoms with Crippen LogP contribution < -0.4 is 5.32 Å². The number of nitrogens with one attached hydrogen (secondary N) is 1. The average molecular weight is 393 g/mol. The van der Waals surface area contributed by atoms with Crippen molar-refractivity contribution in [1.82, 2.24) is 15.1 Å². The molecule has 3 atom stereocenters. The summed E-state index contributed by atoms with van der Waals surface area (Å²) in [6.45, 7) is 11.6. The summed E-state index contributed by atoms with van der Waals surface area (Å²) in [6, 6.07) is 4.89. The van der Waals surface area contributed by atoms with Gasteiger partial charge in [0.2, 0.25) is 0 Å². The number of nitrogens with zero attached hydrogens (tertiary/aromatic N) is 3. The van der Waals surface area contributed by atoms with Crippen LogP contribution in [0.5, 0.6) is 0 Å². The van der Waals surface area contributed by atoms with Crippen molar-refractivity contribution in [1.29, 1.82) is 0 Å². The molecule has 0 saturated carbocycles. The van der Waals surface area contributed by atoms with Crippen LogP contribution in [-0.4, -0.2) is 87.5 Å². The van der Waals surface area contributed by atoms with Gasteiger partial charge in [-0.25, -0.2) is 0 Å². The van der Waals surface area contributed by atoms with E-state index in [0.29, 0.717) is 18.0 Å². The molecule has 0 spiro atoms. The number of hydrogen-bond acceptors (Lipinski definition) is 5. The second-order valence-corrected chi connectivity index (χ2v) is 7.98. The van der Waals surface area contributed by atoms with Gasteiger partial charge in [-0.15, -0.1) is 0 Å². The second kappa shape index (κ2) is 10.8. The van der Waals surface area contributed by atoms with Crippen molar-refractivity contribution < 1.29 is 13.9 Å². The Balaban J connectivity index is 1.60. The summed E-state index contributed by atoms with van der Waals surface area (Å²) in [6.07, 6.45) is 3.70. The molecule has 2 aliphatic rings. The smallest absolute Gasteiger partial charge is 0.194 e. The van der Waals surface area contributed by atoms with Crippen LogP contribution in [0.3, 0.4) is 0 Å². The van der Waals surface area contributed by atoms with Crippen LogP contribution in [-0.2, 0) is 15.9 Å². The normalized spacial score (nSPS) is 26.8. The third-order valence-corrected chi connectivity index (χ3v) is 5.71. The number of hydrogen-bond donors (Lipinski definition) is 1. The maximum absolute atomic E-state index is 5.52. The van der Waals surface area contributed by atoms with Crippen molar-refractivity contribution in [3.8, 4) is 0 Å². The molecule has 28 heavy (non-hydrogen) atoms. The zero-order valence-corrected chi connectivity index (χ0v) is 17.6. The van der Waals surface area contributed by atoms with Gasteiger partial charge >= 0.3 is 0 Å². The fourth-order valence-corrected chi connectivity index (χ4v) is 4.13. The van der Waals surface area contributed by atoms with E-state index in [1.54, 1.807) is 13.4 Å². The van der Waals surface area contributed by atoms with Crippen LogP contribution >= 0.6 is 0 Å². The van der Waals surface area contributed by atoms with E-state index in [2.05, 4.69) is 29.0 Å². The van der Waals surface area contributed by atoms with E-state index >= 15 is 0 Å². The maximum Gasteiger partial charge on any atom is 0.194 e. The van der Waals surface area contributed by atoms with Crippen LogP contribution in [0.25, 0.3) is 0 Å². The van der Waals surface area contributed by atoms with Crippen molar-refractivity contribution in [3.63, 3.8) is 0 Å². The summed E-state index contributed by atoms with van der Waals surface area (Å²) < 4.78 is 16.3.